The molecule has 2 fully saturated rings. The molecule has 2 saturated heterocycles. The van der Waals surface area contributed by atoms with Gasteiger partial charge in [-0.25, -0.2) is 26.4 Å². The Hall–Kier alpha value is -0.920. The van der Waals surface area contributed by atoms with Crippen molar-refractivity contribution in [3.63, 3.8) is 0 Å². The van der Waals surface area contributed by atoms with Crippen LogP contribution in [0.25, 0.3) is 0 Å². The predicted molar refractivity (Wildman–Crippen MR) is 151 cm³/mol. The van der Waals surface area contributed by atoms with E-state index in [1.165, 1.54) is 14.1 Å². The zero-order valence-corrected chi connectivity index (χ0v) is 33.8. The number of amides is 5. The Morgan fingerprint density at radius 3 is 1.38 bits per heavy atom. The fourth-order valence-corrected chi connectivity index (χ4v) is 6.58. The van der Waals surface area contributed by atoms with Crippen molar-refractivity contribution in [1.82, 2.24) is 15.4 Å². The molecule has 0 aromatic heterocycles. The standard InChI is InChI=1S/C14H16N2O14S4.C4H9NO4S.CH5N.2Na/c17-9-5-7(33(23,24)25)13(21)15(9)29-11(19)1-3-31-32-4-2-12(20)30-16-10(18)6-8(14(16)22)34(26,27)28;1-5-4(6)2-3-10(7,8)9;1-2;;/h7-8H,1-6H2,(H,23,24,25)(H,26,27,28);2-3H2,1H3,(H,5,6)(H,7,8,9);2H2,1H3;;/q;;;2*+1/p-2. The van der Waals surface area contributed by atoms with Gasteiger partial charge in [0.25, 0.3) is 33.7 Å². The Balaban J connectivity index is -0.00000124. The summed E-state index contributed by atoms with van der Waals surface area (Å²) in [5, 5.41) is -2.22. The Bertz CT molecular complexity index is 1420. The smallest absolute Gasteiger partial charge is 0.747 e. The summed E-state index contributed by atoms with van der Waals surface area (Å²) >= 11 is 0. The zero-order chi connectivity index (χ0) is 36.0. The average Bonchev–Trinajstić information content (AvgIpc) is 3.40. The fourth-order valence-electron chi connectivity index (χ4n) is 2.82. The van der Waals surface area contributed by atoms with Gasteiger partial charge in [-0.2, -0.15) is 8.42 Å². The molecular weight excluding hydrogens is 779 g/mol. The van der Waals surface area contributed by atoms with Gasteiger partial charge in [0, 0.05) is 25.0 Å². The normalized spacial score (nSPS) is 17.5. The van der Waals surface area contributed by atoms with E-state index in [1.54, 1.807) is 0 Å². The third kappa shape index (κ3) is 18.9. The van der Waals surface area contributed by atoms with Crippen LogP contribution < -0.4 is 70.2 Å². The van der Waals surface area contributed by atoms with Crippen LogP contribution in [0.4, 0.5) is 0 Å². The number of hydrogen-bond acceptors (Lipinski definition) is 20. The maximum Gasteiger partial charge on any atom is 1.00 e. The molecule has 0 aromatic carbocycles. The van der Waals surface area contributed by atoms with Gasteiger partial charge in [0.15, 0.2) is 0 Å². The maximum absolute atomic E-state index is 11.7. The molecule has 2 heterocycles. The summed E-state index contributed by atoms with van der Waals surface area (Å²) in [4.78, 5) is 89.3. The van der Waals surface area contributed by atoms with Crippen LogP contribution in [0, 0.1) is 0 Å². The topological polar surface area (TPSA) is 351 Å². The molecule has 29 heteroatoms. The van der Waals surface area contributed by atoms with E-state index in [0.29, 0.717) is 0 Å². The van der Waals surface area contributed by atoms with Crippen molar-refractivity contribution in [3.05, 3.63) is 0 Å². The monoisotopic (exact) mass is 806 g/mol. The van der Waals surface area contributed by atoms with Gasteiger partial charge >= 0.3 is 71.1 Å². The van der Waals surface area contributed by atoms with Crippen LogP contribution >= 0.6 is 21.6 Å². The van der Waals surface area contributed by atoms with Gasteiger partial charge in [-0.1, -0.05) is 21.6 Å². The maximum atomic E-state index is 11.7. The van der Waals surface area contributed by atoms with Crippen molar-refractivity contribution in [1.29, 1.82) is 0 Å². The molecule has 0 aromatic rings. The molecule has 2 atom stereocenters. The number of rotatable bonds is 14. The SMILES string of the molecule is CN.CNC(=O)CCS(=O)(=O)O.O=C(CCSSCCC(=O)ON1C(=O)CC(S(=O)(=O)[O-])C1=O)ON1C(=O)CC(S(=O)(=O)[O-])C1=O.[Na+].[Na+]. The van der Waals surface area contributed by atoms with Gasteiger partial charge < -0.3 is 29.8 Å². The third-order valence-corrected chi connectivity index (χ3v) is 10.2. The minimum Gasteiger partial charge on any atom is -0.747 e. The van der Waals surface area contributed by atoms with Gasteiger partial charge in [-0.05, 0) is 7.05 Å². The van der Waals surface area contributed by atoms with Gasteiger partial charge in [-0.15, -0.1) is 10.1 Å². The second-order valence-electron chi connectivity index (χ2n) is 8.20. The van der Waals surface area contributed by atoms with Crippen molar-refractivity contribution < 1.29 is 141 Å². The van der Waals surface area contributed by atoms with E-state index in [4.69, 9.17) is 4.55 Å². The van der Waals surface area contributed by atoms with Crippen molar-refractivity contribution in [3.8, 4) is 0 Å². The summed E-state index contributed by atoms with van der Waals surface area (Å²) < 4.78 is 93.7. The number of hydrogen-bond donors (Lipinski definition) is 3. The number of nitrogens with two attached hydrogens (primary N) is 1. The molecule has 5 amide bonds. The summed E-state index contributed by atoms with van der Waals surface area (Å²) in [6.45, 7) is 0. The van der Waals surface area contributed by atoms with Crippen LogP contribution in [-0.4, -0.2) is 132 Å². The zero-order valence-electron chi connectivity index (χ0n) is 25.7. The third-order valence-electron chi connectivity index (χ3n) is 4.94. The molecule has 0 bridgehead atoms. The van der Waals surface area contributed by atoms with Crippen LogP contribution in [0.2, 0.25) is 0 Å². The van der Waals surface area contributed by atoms with Gasteiger partial charge in [0.05, 0.1) is 31.4 Å². The van der Waals surface area contributed by atoms with E-state index in [-0.39, 0.29) is 100 Å². The van der Waals surface area contributed by atoms with E-state index >= 15 is 0 Å². The predicted octanol–water partition coefficient (Wildman–Crippen LogP) is -10.00. The van der Waals surface area contributed by atoms with E-state index in [2.05, 4.69) is 20.7 Å². The summed E-state index contributed by atoms with van der Waals surface area (Å²) in [6, 6.07) is 0. The van der Waals surface area contributed by atoms with Crippen molar-refractivity contribution in [2.24, 2.45) is 5.73 Å². The Kier molecular flexibility index (Phi) is 25.2. The molecule has 264 valence electrons. The molecule has 2 aliphatic heterocycles. The molecule has 22 nitrogen and oxygen atoms in total. The summed E-state index contributed by atoms with van der Waals surface area (Å²) in [7, 11) is -9.19. The summed E-state index contributed by atoms with van der Waals surface area (Å²) in [5.41, 5.74) is 4.50. The van der Waals surface area contributed by atoms with E-state index in [1.807, 2.05) is 0 Å². The number of nitrogens with one attached hydrogen (secondary N) is 1. The second kappa shape index (κ2) is 23.5. The molecular formula is C19H28N4Na2O18S5. The first kappa shape index (κ1) is 51.4. The minimum absolute atomic E-state index is 0. The molecule has 0 aliphatic carbocycles. The van der Waals surface area contributed by atoms with Crippen molar-refractivity contribution in [2.45, 2.75) is 42.6 Å². The number of carbonyl (C=O) groups excluding carboxylic acids is 7. The van der Waals surface area contributed by atoms with Gasteiger partial charge in [0.1, 0.15) is 30.7 Å². The first-order chi connectivity index (χ1) is 21.1. The second-order valence-corrected chi connectivity index (χ2v) is 15.6. The molecule has 0 spiro atoms. The van der Waals surface area contributed by atoms with E-state index < -0.39 is 101 Å². The van der Waals surface area contributed by atoms with Crippen LogP contribution in [0.3, 0.4) is 0 Å². The number of hydroxylamine groups is 4. The van der Waals surface area contributed by atoms with E-state index in [0.717, 1.165) is 21.6 Å². The molecule has 4 N–H and O–H groups in total. The molecule has 2 rings (SSSR count). The van der Waals surface area contributed by atoms with Crippen LogP contribution in [0.5, 0.6) is 0 Å². The molecule has 2 unspecified atom stereocenters. The number of carbonyl (C=O) groups is 7. The Morgan fingerprint density at radius 2 is 1.12 bits per heavy atom. The van der Waals surface area contributed by atoms with E-state index in [9.17, 15) is 67.9 Å². The van der Waals surface area contributed by atoms with Crippen LogP contribution in [0.15, 0.2) is 0 Å². The van der Waals surface area contributed by atoms with Crippen molar-refractivity contribution in [2.75, 3.05) is 31.4 Å². The molecule has 0 radical (unpaired) electrons. The van der Waals surface area contributed by atoms with Gasteiger partial charge in [0.2, 0.25) is 5.91 Å². The number of nitrogens with zero attached hydrogens (tertiary/aromatic N) is 2. The van der Waals surface area contributed by atoms with Crippen molar-refractivity contribution >= 4 is 93.4 Å². The number of imide groups is 2. The Morgan fingerprint density at radius 1 is 0.792 bits per heavy atom. The largest absolute Gasteiger partial charge is 1.00 e. The molecule has 2 aliphatic rings. The first-order valence-corrected chi connectivity index (χ1v) is 19.1. The molecule has 48 heavy (non-hydrogen) atoms. The fraction of sp³-hybridized carbons (Fsp3) is 0.632. The van der Waals surface area contributed by atoms with Crippen LogP contribution in [0.1, 0.15) is 32.1 Å². The summed E-state index contributed by atoms with van der Waals surface area (Å²) in [6.07, 6.45) is -2.73. The van der Waals surface area contributed by atoms with Crippen LogP contribution in [-0.2, 0) is 73.6 Å². The molecule has 0 saturated carbocycles. The first-order valence-electron chi connectivity index (χ1n) is 12.1. The average molecular weight is 807 g/mol. The van der Waals surface area contributed by atoms with Gasteiger partial charge in [-0.3, -0.25) is 28.5 Å². The Labute approximate surface area is 326 Å². The quantitative estimate of drug-likeness (QED) is 0.0482. The minimum atomic E-state index is -5.09. The summed E-state index contributed by atoms with van der Waals surface area (Å²) in [5.74, 6) is -8.15.